The van der Waals surface area contributed by atoms with Gasteiger partial charge in [0.2, 0.25) is 11.4 Å². The molecule has 0 saturated carbocycles. The molecule has 122 valence electrons. The van der Waals surface area contributed by atoms with Gasteiger partial charge in [-0.15, -0.1) is 0 Å². The zero-order valence-corrected chi connectivity index (χ0v) is 12.1. The predicted molar refractivity (Wildman–Crippen MR) is 65.3 cm³/mol. The first-order chi connectivity index (χ1) is 9.36. The normalized spacial score (nSPS) is 23.7. The van der Waals surface area contributed by atoms with Crippen LogP contribution in [0.4, 0.5) is 0 Å². The van der Waals surface area contributed by atoms with Gasteiger partial charge in [0.1, 0.15) is 6.61 Å². The number of hydrogen-bond acceptors (Lipinski definition) is 8. The Hall–Kier alpha value is -1.16. The molecule has 0 amide bonds. The standard InChI is InChI=1S/C10H17O10P/c1-5(2)3-9(10(14,15)4-11)7(12)6(8(13)19-9)20-21(16,17)18/h5,11-12,14-15H,3-4H2,1-2H3,(H2,16,17,18)/t9-/m0/s1. The molecule has 0 aliphatic carbocycles. The van der Waals surface area contributed by atoms with Crippen LogP contribution in [0.3, 0.4) is 0 Å². The molecule has 0 aromatic carbocycles. The Labute approximate surface area is 119 Å². The lowest BCUT2D eigenvalue weighted by Crippen LogP contribution is -2.59. The van der Waals surface area contributed by atoms with Crippen LogP contribution in [0.15, 0.2) is 11.5 Å². The highest BCUT2D eigenvalue weighted by Gasteiger charge is 2.63. The van der Waals surface area contributed by atoms with Crippen molar-refractivity contribution < 1.29 is 48.8 Å². The van der Waals surface area contributed by atoms with E-state index in [0.717, 1.165) is 0 Å². The summed E-state index contributed by atoms with van der Waals surface area (Å²) >= 11 is 0. The van der Waals surface area contributed by atoms with Crippen molar-refractivity contribution in [1.82, 2.24) is 0 Å². The van der Waals surface area contributed by atoms with E-state index in [-0.39, 0.29) is 12.3 Å². The molecular formula is C10H17O10P. The number of esters is 1. The van der Waals surface area contributed by atoms with Gasteiger partial charge in [-0.2, -0.15) is 0 Å². The number of ether oxygens (including phenoxy) is 1. The number of cyclic esters (lactones) is 1. The van der Waals surface area contributed by atoms with E-state index >= 15 is 0 Å². The first kappa shape index (κ1) is 17.9. The van der Waals surface area contributed by atoms with Gasteiger partial charge in [-0.05, 0) is 5.92 Å². The summed E-state index contributed by atoms with van der Waals surface area (Å²) in [4.78, 5) is 29.0. The van der Waals surface area contributed by atoms with Crippen molar-refractivity contribution in [3.8, 4) is 0 Å². The van der Waals surface area contributed by atoms with E-state index in [1.54, 1.807) is 13.8 Å². The third kappa shape index (κ3) is 3.37. The molecule has 0 fully saturated rings. The van der Waals surface area contributed by atoms with Gasteiger partial charge in [0, 0.05) is 6.42 Å². The Morgan fingerprint density at radius 1 is 1.38 bits per heavy atom. The quantitative estimate of drug-likeness (QED) is 0.199. The monoisotopic (exact) mass is 328 g/mol. The topological polar surface area (TPSA) is 174 Å². The third-order valence-electron chi connectivity index (χ3n) is 2.82. The van der Waals surface area contributed by atoms with E-state index in [4.69, 9.17) is 19.6 Å². The molecule has 1 atom stereocenters. The molecule has 1 aliphatic heterocycles. The highest BCUT2D eigenvalue weighted by Crippen LogP contribution is 2.48. The molecule has 1 aliphatic rings. The van der Waals surface area contributed by atoms with Crippen LogP contribution < -0.4 is 0 Å². The smallest absolute Gasteiger partial charge is 0.505 e. The van der Waals surface area contributed by atoms with Crippen molar-refractivity contribution in [3.05, 3.63) is 11.5 Å². The van der Waals surface area contributed by atoms with Crippen LogP contribution >= 0.6 is 7.82 Å². The molecule has 0 unspecified atom stereocenters. The highest BCUT2D eigenvalue weighted by atomic mass is 31.2. The van der Waals surface area contributed by atoms with Crippen LogP contribution in [0.2, 0.25) is 0 Å². The highest BCUT2D eigenvalue weighted by molar-refractivity contribution is 7.46. The number of phosphoric acid groups is 1. The van der Waals surface area contributed by atoms with Gasteiger partial charge >= 0.3 is 13.8 Å². The minimum absolute atomic E-state index is 0.341. The first-order valence-corrected chi connectivity index (χ1v) is 7.37. The molecule has 11 heteroatoms. The molecule has 0 spiro atoms. The van der Waals surface area contributed by atoms with Crippen molar-refractivity contribution >= 4 is 13.8 Å². The zero-order valence-electron chi connectivity index (χ0n) is 11.3. The Morgan fingerprint density at radius 2 is 1.90 bits per heavy atom. The summed E-state index contributed by atoms with van der Waals surface area (Å²) in [5, 5.41) is 38.6. The van der Waals surface area contributed by atoms with Gasteiger partial charge in [0.25, 0.3) is 5.76 Å². The number of hydrogen-bond donors (Lipinski definition) is 6. The van der Waals surface area contributed by atoms with Gasteiger partial charge in [-0.25, -0.2) is 9.36 Å². The summed E-state index contributed by atoms with van der Waals surface area (Å²) < 4.78 is 19.5. The lowest BCUT2D eigenvalue weighted by molar-refractivity contribution is -0.288. The maximum absolute atomic E-state index is 11.6. The fourth-order valence-electron chi connectivity index (χ4n) is 2.01. The second-order valence-electron chi connectivity index (χ2n) is 5.05. The summed E-state index contributed by atoms with van der Waals surface area (Å²) in [6, 6.07) is 0. The number of rotatable bonds is 6. The van der Waals surface area contributed by atoms with Gasteiger partial charge in [-0.1, -0.05) is 13.8 Å². The van der Waals surface area contributed by atoms with Gasteiger partial charge in [0.15, 0.2) is 5.76 Å². The number of phosphoric ester groups is 1. The second-order valence-corrected chi connectivity index (χ2v) is 6.21. The second kappa shape index (κ2) is 5.56. The van der Waals surface area contributed by atoms with E-state index in [0.29, 0.717) is 0 Å². The van der Waals surface area contributed by atoms with Crippen LogP contribution in [0.25, 0.3) is 0 Å². The molecule has 1 rings (SSSR count). The summed E-state index contributed by atoms with van der Waals surface area (Å²) in [5.74, 6) is -7.35. The Morgan fingerprint density at radius 3 is 2.29 bits per heavy atom. The summed E-state index contributed by atoms with van der Waals surface area (Å²) in [7, 11) is -5.19. The van der Waals surface area contributed by atoms with E-state index in [1.807, 2.05) is 0 Å². The SMILES string of the molecule is CC(C)C[C@]1(C(O)(O)CO)OC(=O)C(OP(=O)(O)O)=C1O. The molecule has 0 saturated heterocycles. The molecule has 10 nitrogen and oxygen atoms in total. The first-order valence-electron chi connectivity index (χ1n) is 5.84. The summed E-state index contributed by atoms with van der Waals surface area (Å²) in [6.45, 7) is 1.89. The summed E-state index contributed by atoms with van der Waals surface area (Å²) in [6.07, 6.45) is -0.341. The minimum atomic E-state index is -5.19. The maximum atomic E-state index is 11.6. The average Bonchev–Trinajstić information content (AvgIpc) is 2.52. The van der Waals surface area contributed by atoms with Crippen LogP contribution in [0.5, 0.6) is 0 Å². The fourth-order valence-corrected chi connectivity index (χ4v) is 2.41. The van der Waals surface area contributed by atoms with Crippen LogP contribution in [-0.4, -0.2) is 54.2 Å². The Balaban J connectivity index is 3.40. The summed E-state index contributed by atoms with van der Waals surface area (Å²) in [5.41, 5.74) is -2.49. The Bertz CT molecular complexity index is 504. The van der Waals surface area contributed by atoms with Crippen LogP contribution in [-0.2, 0) is 18.6 Å². The minimum Gasteiger partial charge on any atom is -0.505 e. The van der Waals surface area contributed by atoms with Crippen molar-refractivity contribution in [2.75, 3.05) is 6.61 Å². The number of aliphatic hydroxyl groups is 4. The van der Waals surface area contributed by atoms with E-state index in [9.17, 15) is 24.7 Å². The van der Waals surface area contributed by atoms with Crippen molar-refractivity contribution in [2.45, 2.75) is 31.7 Å². The largest absolute Gasteiger partial charge is 0.525 e. The molecule has 6 N–H and O–H groups in total. The van der Waals surface area contributed by atoms with Crippen LogP contribution in [0, 0.1) is 5.92 Å². The molecular weight excluding hydrogens is 311 g/mol. The molecule has 0 bridgehead atoms. The van der Waals surface area contributed by atoms with Gasteiger partial charge in [-0.3, -0.25) is 9.79 Å². The molecule has 21 heavy (non-hydrogen) atoms. The average molecular weight is 328 g/mol. The van der Waals surface area contributed by atoms with E-state index in [2.05, 4.69) is 4.52 Å². The van der Waals surface area contributed by atoms with E-state index in [1.165, 1.54) is 0 Å². The lowest BCUT2D eigenvalue weighted by atomic mass is 9.83. The van der Waals surface area contributed by atoms with E-state index < -0.39 is 43.3 Å². The molecule has 1 heterocycles. The number of carbonyl (C=O) groups excluding carboxylic acids is 1. The van der Waals surface area contributed by atoms with Crippen molar-refractivity contribution in [3.63, 3.8) is 0 Å². The lowest BCUT2D eigenvalue weighted by Gasteiger charge is -2.38. The van der Waals surface area contributed by atoms with Gasteiger partial charge in [0.05, 0.1) is 0 Å². The third-order valence-corrected chi connectivity index (χ3v) is 3.24. The predicted octanol–water partition coefficient (Wildman–Crippen LogP) is -1.12. The van der Waals surface area contributed by atoms with Crippen molar-refractivity contribution in [1.29, 1.82) is 0 Å². The number of carbonyl (C=O) groups is 1. The molecule has 0 radical (unpaired) electrons. The molecule has 0 aromatic rings. The number of aliphatic hydroxyl groups excluding tert-OH is 2. The molecule has 0 aromatic heterocycles. The Kier molecular flexibility index (Phi) is 4.74. The van der Waals surface area contributed by atoms with Crippen LogP contribution in [0.1, 0.15) is 20.3 Å². The van der Waals surface area contributed by atoms with Crippen molar-refractivity contribution in [2.24, 2.45) is 5.92 Å². The zero-order chi connectivity index (χ0) is 16.6. The fraction of sp³-hybridized carbons (Fsp3) is 0.700. The maximum Gasteiger partial charge on any atom is 0.525 e. The van der Waals surface area contributed by atoms with Gasteiger partial charge < -0.3 is 29.7 Å².